The van der Waals surface area contributed by atoms with Crippen molar-refractivity contribution in [2.75, 3.05) is 5.32 Å². The third-order valence-electron chi connectivity index (χ3n) is 2.38. The van der Waals surface area contributed by atoms with Crippen molar-refractivity contribution in [1.29, 1.82) is 0 Å². The Morgan fingerprint density at radius 1 is 1.06 bits per heavy atom. The normalized spacial score (nSPS) is 10.4. The topological polar surface area (TPSA) is 32.3 Å². The summed E-state index contributed by atoms with van der Waals surface area (Å²) in [5.74, 6) is -2.75. The van der Waals surface area contributed by atoms with Gasteiger partial charge < -0.3 is 10.4 Å². The Balaban J connectivity index is 2.14. The number of halogens is 3. The van der Waals surface area contributed by atoms with Crippen LogP contribution in [-0.2, 0) is 6.54 Å². The van der Waals surface area contributed by atoms with Crippen molar-refractivity contribution in [3.63, 3.8) is 0 Å². The summed E-state index contributed by atoms with van der Waals surface area (Å²) in [6.07, 6.45) is 0. The third-order valence-corrected chi connectivity index (χ3v) is 2.38. The van der Waals surface area contributed by atoms with Crippen LogP contribution >= 0.6 is 0 Å². The van der Waals surface area contributed by atoms with Crippen LogP contribution in [0.5, 0.6) is 5.75 Å². The molecule has 0 aliphatic carbocycles. The molecule has 0 saturated heterocycles. The van der Waals surface area contributed by atoms with E-state index in [1.54, 1.807) is 0 Å². The van der Waals surface area contributed by atoms with Gasteiger partial charge in [0.05, 0.1) is 5.69 Å². The van der Waals surface area contributed by atoms with Gasteiger partial charge in [0.25, 0.3) is 0 Å². The number of nitrogens with one attached hydrogen (secondary N) is 1. The van der Waals surface area contributed by atoms with Crippen LogP contribution in [0.4, 0.5) is 18.9 Å². The van der Waals surface area contributed by atoms with Crippen molar-refractivity contribution in [2.24, 2.45) is 0 Å². The number of rotatable bonds is 3. The molecule has 0 atom stereocenters. The van der Waals surface area contributed by atoms with Gasteiger partial charge in [-0.05, 0) is 29.8 Å². The van der Waals surface area contributed by atoms with Crippen LogP contribution in [0.25, 0.3) is 0 Å². The molecule has 0 unspecified atom stereocenters. The molecule has 2 aromatic rings. The van der Waals surface area contributed by atoms with Crippen LogP contribution in [0.2, 0.25) is 0 Å². The van der Waals surface area contributed by atoms with Crippen LogP contribution in [0, 0.1) is 17.5 Å². The van der Waals surface area contributed by atoms with Gasteiger partial charge in [-0.1, -0.05) is 6.07 Å². The van der Waals surface area contributed by atoms with E-state index in [1.807, 2.05) is 0 Å². The summed E-state index contributed by atoms with van der Waals surface area (Å²) in [7, 11) is 0. The highest BCUT2D eigenvalue weighted by atomic mass is 19.2. The molecule has 2 nitrogen and oxygen atoms in total. The third kappa shape index (κ3) is 2.74. The van der Waals surface area contributed by atoms with Gasteiger partial charge in [-0.3, -0.25) is 0 Å². The number of benzene rings is 2. The Kier molecular flexibility index (Phi) is 3.41. The molecule has 0 amide bonds. The monoisotopic (exact) mass is 253 g/mol. The number of hydrogen-bond donors (Lipinski definition) is 2. The second-order valence-corrected chi connectivity index (χ2v) is 3.77. The summed E-state index contributed by atoms with van der Waals surface area (Å²) >= 11 is 0. The average Bonchev–Trinajstić information content (AvgIpc) is 2.30. The molecule has 0 bridgehead atoms. The molecule has 0 fully saturated rings. The van der Waals surface area contributed by atoms with E-state index >= 15 is 0 Å². The zero-order valence-corrected chi connectivity index (χ0v) is 9.25. The minimum Gasteiger partial charge on any atom is -0.508 e. The maximum absolute atomic E-state index is 13.3. The summed E-state index contributed by atoms with van der Waals surface area (Å²) in [5, 5.41) is 11.8. The minimum atomic E-state index is -0.988. The van der Waals surface area contributed by atoms with E-state index in [1.165, 1.54) is 24.3 Å². The quantitative estimate of drug-likeness (QED) is 0.878. The van der Waals surface area contributed by atoms with E-state index in [-0.39, 0.29) is 18.0 Å². The number of aromatic hydroxyl groups is 1. The summed E-state index contributed by atoms with van der Waals surface area (Å²) in [4.78, 5) is 0. The van der Waals surface area contributed by atoms with E-state index in [0.29, 0.717) is 5.56 Å². The van der Waals surface area contributed by atoms with Crippen LogP contribution in [0.3, 0.4) is 0 Å². The van der Waals surface area contributed by atoms with Gasteiger partial charge >= 0.3 is 0 Å². The first-order valence-corrected chi connectivity index (χ1v) is 5.22. The number of phenols is 1. The van der Waals surface area contributed by atoms with E-state index in [2.05, 4.69) is 5.32 Å². The molecule has 0 aliphatic heterocycles. The standard InChI is InChI=1S/C13H10F3NO/c14-9-4-8(5-10(18)6-9)7-17-12-3-1-2-11(15)13(12)16/h1-6,17-18H,7H2. The molecule has 2 aromatic carbocycles. The van der Waals surface area contributed by atoms with E-state index in [0.717, 1.165) is 12.1 Å². The molecule has 94 valence electrons. The maximum atomic E-state index is 13.3. The van der Waals surface area contributed by atoms with Gasteiger partial charge in [-0.2, -0.15) is 0 Å². The lowest BCUT2D eigenvalue weighted by molar-refractivity contribution is 0.468. The summed E-state index contributed by atoms with van der Waals surface area (Å²) in [5.41, 5.74) is 0.412. The van der Waals surface area contributed by atoms with E-state index < -0.39 is 17.5 Å². The van der Waals surface area contributed by atoms with Crippen molar-refractivity contribution in [2.45, 2.75) is 6.54 Å². The highest BCUT2D eigenvalue weighted by Gasteiger charge is 2.07. The van der Waals surface area contributed by atoms with Crippen molar-refractivity contribution in [3.05, 3.63) is 59.4 Å². The maximum Gasteiger partial charge on any atom is 0.181 e. The molecule has 0 spiro atoms. The smallest absolute Gasteiger partial charge is 0.181 e. The first-order chi connectivity index (χ1) is 8.56. The fourth-order valence-corrected chi connectivity index (χ4v) is 1.57. The van der Waals surface area contributed by atoms with Gasteiger partial charge in [0.1, 0.15) is 11.6 Å². The molecule has 0 aromatic heterocycles. The molecule has 0 heterocycles. The van der Waals surface area contributed by atoms with Crippen LogP contribution in [0.15, 0.2) is 36.4 Å². The van der Waals surface area contributed by atoms with Gasteiger partial charge in [-0.15, -0.1) is 0 Å². The predicted molar refractivity (Wildman–Crippen MR) is 61.7 cm³/mol. The molecule has 0 saturated carbocycles. The molecule has 2 N–H and O–H groups in total. The zero-order chi connectivity index (χ0) is 13.1. The van der Waals surface area contributed by atoms with Crippen LogP contribution < -0.4 is 5.32 Å². The van der Waals surface area contributed by atoms with E-state index in [4.69, 9.17) is 0 Å². The summed E-state index contributed by atoms with van der Waals surface area (Å²) in [6, 6.07) is 7.25. The van der Waals surface area contributed by atoms with Crippen molar-refractivity contribution in [3.8, 4) is 5.75 Å². The van der Waals surface area contributed by atoms with Gasteiger partial charge in [-0.25, -0.2) is 13.2 Å². The van der Waals surface area contributed by atoms with E-state index in [9.17, 15) is 18.3 Å². The number of hydrogen-bond acceptors (Lipinski definition) is 2. The molecular weight excluding hydrogens is 243 g/mol. The second-order valence-electron chi connectivity index (χ2n) is 3.77. The highest BCUT2D eigenvalue weighted by molar-refractivity contribution is 5.45. The Morgan fingerprint density at radius 2 is 1.83 bits per heavy atom. The lowest BCUT2D eigenvalue weighted by Gasteiger charge is -2.08. The zero-order valence-electron chi connectivity index (χ0n) is 9.25. The highest BCUT2D eigenvalue weighted by Crippen LogP contribution is 2.19. The van der Waals surface area contributed by atoms with Gasteiger partial charge in [0, 0.05) is 12.6 Å². The summed E-state index contributed by atoms with van der Waals surface area (Å²) < 4.78 is 39.2. The Hall–Kier alpha value is -2.17. The number of phenolic OH excluding ortho intramolecular Hbond substituents is 1. The molecule has 0 radical (unpaired) electrons. The Labute approximate surface area is 102 Å². The van der Waals surface area contributed by atoms with Crippen molar-refractivity contribution < 1.29 is 18.3 Å². The Bertz CT molecular complexity index is 552. The second kappa shape index (κ2) is 5.00. The minimum absolute atomic E-state index is 0.0150. The molecule has 18 heavy (non-hydrogen) atoms. The van der Waals surface area contributed by atoms with Crippen molar-refractivity contribution >= 4 is 5.69 Å². The van der Waals surface area contributed by atoms with Gasteiger partial charge in [0.15, 0.2) is 11.6 Å². The van der Waals surface area contributed by atoms with Crippen molar-refractivity contribution in [1.82, 2.24) is 0 Å². The first kappa shape index (κ1) is 12.3. The Morgan fingerprint density at radius 3 is 2.56 bits per heavy atom. The average molecular weight is 253 g/mol. The molecule has 2 rings (SSSR count). The fraction of sp³-hybridized carbons (Fsp3) is 0.0769. The number of anilines is 1. The van der Waals surface area contributed by atoms with Gasteiger partial charge in [0.2, 0.25) is 0 Å². The van der Waals surface area contributed by atoms with Crippen LogP contribution in [-0.4, -0.2) is 5.11 Å². The first-order valence-electron chi connectivity index (χ1n) is 5.22. The largest absolute Gasteiger partial charge is 0.508 e. The molecular formula is C13H10F3NO. The lowest BCUT2D eigenvalue weighted by atomic mass is 10.2. The summed E-state index contributed by atoms with van der Waals surface area (Å²) in [6.45, 7) is 0.0751. The van der Waals surface area contributed by atoms with Crippen LogP contribution in [0.1, 0.15) is 5.56 Å². The fourth-order valence-electron chi connectivity index (χ4n) is 1.57. The SMILES string of the molecule is Oc1cc(F)cc(CNc2cccc(F)c2F)c1. The molecule has 5 heteroatoms. The predicted octanol–water partition coefficient (Wildman–Crippen LogP) is 3.42. The lowest BCUT2D eigenvalue weighted by Crippen LogP contribution is -2.02. The molecule has 0 aliphatic rings.